The number of ether oxygens (including phenoxy) is 5. The summed E-state index contributed by atoms with van der Waals surface area (Å²) in [5.74, 6) is -1.08. The van der Waals surface area contributed by atoms with Gasteiger partial charge in [0.2, 0.25) is 0 Å². The van der Waals surface area contributed by atoms with Gasteiger partial charge >= 0.3 is 18.9 Å². The molecule has 2 unspecified atom stereocenters. The van der Waals surface area contributed by atoms with Gasteiger partial charge in [-0.1, -0.05) is 31.8 Å². The molecule has 3 saturated heterocycles. The molecule has 5 aliphatic rings. The molecule has 5 rings (SSSR count). The zero-order valence-electron chi connectivity index (χ0n) is 16.5. The van der Waals surface area contributed by atoms with E-state index in [0.717, 1.165) is 51.4 Å². The molecule has 2 saturated carbocycles. The molecule has 0 radical (unpaired) electrons. The summed E-state index contributed by atoms with van der Waals surface area (Å²) in [6.45, 7) is 0.438. The second kappa shape index (κ2) is 8.24. The van der Waals surface area contributed by atoms with Crippen molar-refractivity contribution in [2.45, 2.75) is 119 Å². The van der Waals surface area contributed by atoms with E-state index in [1.165, 1.54) is 25.7 Å². The molecule has 27 heavy (non-hydrogen) atoms. The van der Waals surface area contributed by atoms with Gasteiger partial charge < -0.3 is 28.8 Å². The van der Waals surface area contributed by atoms with Crippen LogP contribution in [0.4, 0.5) is 0 Å². The maximum atomic E-state index is 13.0. The van der Waals surface area contributed by atoms with Gasteiger partial charge in [-0.05, 0) is 25.7 Å². The van der Waals surface area contributed by atoms with Crippen molar-refractivity contribution in [1.29, 1.82) is 0 Å². The van der Waals surface area contributed by atoms with E-state index >= 15 is 0 Å². The molecule has 2 aliphatic carbocycles. The van der Waals surface area contributed by atoms with Gasteiger partial charge in [-0.25, -0.2) is 0 Å². The van der Waals surface area contributed by atoms with Crippen molar-refractivity contribution in [3.63, 3.8) is 0 Å². The fourth-order valence-corrected chi connectivity index (χ4v) is 5.43. The molecule has 0 bridgehead atoms. The van der Waals surface area contributed by atoms with Gasteiger partial charge in [0.1, 0.15) is 12.2 Å². The molecule has 3 heterocycles. The summed E-state index contributed by atoms with van der Waals surface area (Å²) in [7, 11) is 0. The Labute approximate surface area is 173 Å². The quantitative estimate of drug-likeness (QED) is 0.570. The van der Waals surface area contributed by atoms with Gasteiger partial charge in [0, 0.05) is 25.7 Å². The van der Waals surface area contributed by atoms with E-state index in [9.17, 15) is 5.11 Å². The van der Waals surface area contributed by atoms with E-state index in [4.69, 9.17) is 23.7 Å². The zero-order valence-corrected chi connectivity index (χ0v) is 16.5. The molecule has 0 N–H and O–H groups in total. The molecule has 5 fully saturated rings. The molecule has 2 spiro atoms. The molecule has 0 aromatic rings. The fraction of sp³-hybridized carbons (Fsp3) is 1.00. The van der Waals surface area contributed by atoms with Gasteiger partial charge in [0.25, 0.3) is 0 Å². The standard InChI is InChI=1S/C20H31O6.Li/c21-15-16(14-13-22-19(24-14)9-5-1-2-6-10-19)23-18-17(15)25-20(26-18)11-7-3-4-8-12-20;/h14-18H,1-13H2;/q-1;+1/t14-,15?,16-,17?,18-;/m1./s1. The number of hydrogen-bond acceptors (Lipinski definition) is 6. The third-order valence-corrected chi connectivity index (χ3v) is 6.86. The maximum Gasteiger partial charge on any atom is 1.00 e. The van der Waals surface area contributed by atoms with Crippen LogP contribution in [-0.4, -0.2) is 48.9 Å². The second-order valence-corrected chi connectivity index (χ2v) is 8.75. The van der Waals surface area contributed by atoms with Crippen molar-refractivity contribution in [1.82, 2.24) is 0 Å². The first-order chi connectivity index (χ1) is 12.7. The molecule has 7 heteroatoms. The first kappa shape index (κ1) is 20.6. The van der Waals surface area contributed by atoms with Gasteiger partial charge in [-0.3, -0.25) is 0 Å². The Balaban J connectivity index is 0.00000180. The summed E-state index contributed by atoms with van der Waals surface area (Å²) >= 11 is 0. The summed E-state index contributed by atoms with van der Waals surface area (Å²) in [5.41, 5.74) is 0. The van der Waals surface area contributed by atoms with Crippen LogP contribution in [-0.2, 0) is 23.7 Å². The molecule has 6 nitrogen and oxygen atoms in total. The Morgan fingerprint density at radius 3 is 1.85 bits per heavy atom. The van der Waals surface area contributed by atoms with Crippen molar-refractivity contribution < 1.29 is 47.7 Å². The van der Waals surface area contributed by atoms with Crippen molar-refractivity contribution in [2.24, 2.45) is 0 Å². The van der Waals surface area contributed by atoms with Crippen LogP contribution in [0.25, 0.3) is 0 Å². The summed E-state index contributed by atoms with van der Waals surface area (Å²) in [5, 5.41) is 13.0. The Morgan fingerprint density at radius 2 is 1.26 bits per heavy atom. The normalized spacial score (nSPS) is 43.2. The minimum absolute atomic E-state index is 0. The molecule has 148 valence electrons. The van der Waals surface area contributed by atoms with Gasteiger partial charge in [-0.15, -0.1) is 0 Å². The van der Waals surface area contributed by atoms with E-state index in [1.54, 1.807) is 0 Å². The predicted molar refractivity (Wildman–Crippen MR) is 90.1 cm³/mol. The summed E-state index contributed by atoms with van der Waals surface area (Å²) in [6, 6.07) is 0. The smallest absolute Gasteiger partial charge is 0.848 e. The molecule has 0 amide bonds. The van der Waals surface area contributed by atoms with E-state index in [1.807, 2.05) is 0 Å². The largest absolute Gasteiger partial charge is 1.00 e. The van der Waals surface area contributed by atoms with Crippen LogP contribution in [0.3, 0.4) is 0 Å². The molecule has 0 aromatic carbocycles. The fourth-order valence-electron chi connectivity index (χ4n) is 5.43. The van der Waals surface area contributed by atoms with Crippen LogP contribution in [0, 0.1) is 0 Å². The van der Waals surface area contributed by atoms with Gasteiger partial charge in [-0.2, -0.15) is 0 Å². The molecule has 0 aromatic heterocycles. The maximum absolute atomic E-state index is 13.0. The Kier molecular flexibility index (Phi) is 6.29. The average Bonchev–Trinajstić information content (AvgIpc) is 3.12. The predicted octanol–water partition coefficient (Wildman–Crippen LogP) is -0.624. The third-order valence-electron chi connectivity index (χ3n) is 6.86. The van der Waals surface area contributed by atoms with Crippen LogP contribution in [0.2, 0.25) is 0 Å². The Morgan fingerprint density at radius 1 is 0.667 bits per heavy atom. The van der Waals surface area contributed by atoms with E-state index < -0.39 is 36.2 Å². The number of fused-ring (bicyclic) bond motifs is 1. The van der Waals surface area contributed by atoms with Crippen molar-refractivity contribution in [3.05, 3.63) is 0 Å². The first-order valence-electron chi connectivity index (χ1n) is 10.7. The van der Waals surface area contributed by atoms with Crippen molar-refractivity contribution in [2.75, 3.05) is 6.61 Å². The molecular formula is C20H31LiO6. The van der Waals surface area contributed by atoms with E-state index in [0.29, 0.717) is 6.61 Å². The number of rotatable bonds is 1. The third kappa shape index (κ3) is 3.90. The monoisotopic (exact) mass is 374 g/mol. The van der Waals surface area contributed by atoms with Gasteiger partial charge in [0.05, 0.1) is 12.7 Å². The van der Waals surface area contributed by atoms with Gasteiger partial charge in [0.15, 0.2) is 17.9 Å². The van der Waals surface area contributed by atoms with Crippen LogP contribution in [0.15, 0.2) is 0 Å². The minimum Gasteiger partial charge on any atom is -0.848 e. The molecular weight excluding hydrogens is 343 g/mol. The van der Waals surface area contributed by atoms with E-state index in [2.05, 4.69) is 0 Å². The van der Waals surface area contributed by atoms with Crippen molar-refractivity contribution in [3.8, 4) is 0 Å². The average molecular weight is 374 g/mol. The summed E-state index contributed by atoms with van der Waals surface area (Å²) in [4.78, 5) is 0. The van der Waals surface area contributed by atoms with Crippen LogP contribution in [0.5, 0.6) is 0 Å². The second-order valence-electron chi connectivity index (χ2n) is 8.75. The van der Waals surface area contributed by atoms with E-state index in [-0.39, 0.29) is 25.0 Å². The first-order valence-corrected chi connectivity index (χ1v) is 10.7. The number of hydrogen-bond donors (Lipinski definition) is 0. The van der Waals surface area contributed by atoms with Crippen LogP contribution >= 0.6 is 0 Å². The SMILES string of the molecule is [Li+].[O-]C1C2OC3(CCCCCC3)O[C@H]2O[C@@H]1[C@H]1COC2(CCCCCC2)O1. The topological polar surface area (TPSA) is 69.2 Å². The van der Waals surface area contributed by atoms with Crippen LogP contribution < -0.4 is 24.0 Å². The Hall–Kier alpha value is 0.357. The molecule has 5 atom stereocenters. The minimum atomic E-state index is -0.975. The summed E-state index contributed by atoms with van der Waals surface area (Å²) < 4.78 is 30.8. The molecule has 3 aliphatic heterocycles. The Bertz CT molecular complexity index is 501. The van der Waals surface area contributed by atoms with Crippen molar-refractivity contribution >= 4 is 0 Å². The zero-order chi connectivity index (χ0) is 17.6. The van der Waals surface area contributed by atoms with Crippen LogP contribution in [0.1, 0.15) is 77.0 Å². The summed E-state index contributed by atoms with van der Waals surface area (Å²) in [6.07, 6.45) is 10.0.